The van der Waals surface area contributed by atoms with Crippen molar-refractivity contribution in [1.29, 1.82) is 0 Å². The van der Waals surface area contributed by atoms with Gasteiger partial charge in [0, 0.05) is 12.4 Å². The van der Waals surface area contributed by atoms with E-state index in [1.54, 1.807) is 19.5 Å². The fraction of sp³-hybridized carbons (Fsp3) is 0.333. The van der Waals surface area contributed by atoms with E-state index in [9.17, 15) is 0 Å². The molecule has 0 spiro atoms. The Morgan fingerprint density at radius 1 is 1.26 bits per heavy atom. The van der Waals surface area contributed by atoms with Crippen molar-refractivity contribution in [2.24, 2.45) is 0 Å². The highest BCUT2D eigenvalue weighted by molar-refractivity contribution is 5.38. The number of methoxy groups -OCH3 is 1. The zero-order valence-electron chi connectivity index (χ0n) is 11.6. The maximum atomic E-state index is 5.24. The Hall–Kier alpha value is -1.94. The van der Waals surface area contributed by atoms with Gasteiger partial charge in [0.05, 0.1) is 13.2 Å². The van der Waals surface area contributed by atoms with Gasteiger partial charge in [0.15, 0.2) is 0 Å². The van der Waals surface area contributed by atoms with Gasteiger partial charge in [0.25, 0.3) is 0 Å². The third-order valence-corrected chi connectivity index (χ3v) is 3.04. The van der Waals surface area contributed by atoms with Crippen molar-refractivity contribution < 1.29 is 4.74 Å². The number of ether oxygens (including phenoxy) is 1. The Labute approximate surface area is 113 Å². The fourth-order valence-electron chi connectivity index (χ4n) is 2.10. The van der Waals surface area contributed by atoms with Gasteiger partial charge in [-0.05, 0) is 42.8 Å². The van der Waals surface area contributed by atoms with Crippen LogP contribution in [0.2, 0.25) is 0 Å². The van der Waals surface area contributed by atoms with E-state index in [0.717, 1.165) is 23.7 Å². The van der Waals surface area contributed by atoms with Crippen LogP contribution < -0.4 is 10.1 Å². The smallest absolute Gasteiger partial charge is 0.149 e. The van der Waals surface area contributed by atoms with Gasteiger partial charge in [-0.1, -0.05) is 13.0 Å². The molecule has 19 heavy (non-hydrogen) atoms. The standard InChI is InChI=1S/C15H19N3O/c1-4-16-14(15-17-8-5-9-18-15)13-7-6-12(19-3)10-11(13)2/h5-10,14,16H,4H2,1-3H3. The first kappa shape index (κ1) is 13.5. The van der Waals surface area contributed by atoms with Crippen molar-refractivity contribution in [2.45, 2.75) is 19.9 Å². The highest BCUT2D eigenvalue weighted by Gasteiger charge is 2.17. The molecule has 1 aromatic heterocycles. The Morgan fingerprint density at radius 3 is 2.58 bits per heavy atom. The summed E-state index contributed by atoms with van der Waals surface area (Å²) in [6.07, 6.45) is 3.54. The number of aryl methyl sites for hydroxylation is 1. The molecule has 0 radical (unpaired) electrons. The average Bonchev–Trinajstić information content (AvgIpc) is 2.46. The zero-order valence-corrected chi connectivity index (χ0v) is 11.6. The lowest BCUT2D eigenvalue weighted by Gasteiger charge is -2.19. The normalized spacial score (nSPS) is 12.2. The second kappa shape index (κ2) is 6.29. The molecule has 0 bridgehead atoms. The zero-order chi connectivity index (χ0) is 13.7. The first-order valence-electron chi connectivity index (χ1n) is 6.41. The molecule has 0 fully saturated rings. The van der Waals surface area contributed by atoms with Gasteiger partial charge < -0.3 is 10.1 Å². The molecule has 0 saturated carbocycles. The van der Waals surface area contributed by atoms with Crippen molar-refractivity contribution in [1.82, 2.24) is 15.3 Å². The molecule has 0 aliphatic rings. The lowest BCUT2D eigenvalue weighted by Crippen LogP contribution is -2.24. The van der Waals surface area contributed by atoms with Crippen molar-refractivity contribution in [3.63, 3.8) is 0 Å². The summed E-state index contributed by atoms with van der Waals surface area (Å²) in [7, 11) is 1.68. The second-order valence-corrected chi connectivity index (χ2v) is 4.32. The van der Waals surface area contributed by atoms with Crippen molar-refractivity contribution >= 4 is 0 Å². The van der Waals surface area contributed by atoms with E-state index in [2.05, 4.69) is 35.2 Å². The monoisotopic (exact) mass is 257 g/mol. The van der Waals surface area contributed by atoms with Crippen LogP contribution in [0.3, 0.4) is 0 Å². The van der Waals surface area contributed by atoms with Crippen LogP contribution >= 0.6 is 0 Å². The molecule has 1 N–H and O–H groups in total. The second-order valence-electron chi connectivity index (χ2n) is 4.32. The number of nitrogens with zero attached hydrogens (tertiary/aromatic N) is 2. The van der Waals surface area contributed by atoms with E-state index in [1.807, 2.05) is 18.2 Å². The van der Waals surface area contributed by atoms with E-state index < -0.39 is 0 Å². The molecule has 100 valence electrons. The van der Waals surface area contributed by atoms with Crippen molar-refractivity contribution in [3.05, 3.63) is 53.6 Å². The molecule has 0 saturated heterocycles. The SMILES string of the molecule is CCNC(c1ncccn1)c1ccc(OC)cc1C. The van der Waals surface area contributed by atoms with Gasteiger partial charge >= 0.3 is 0 Å². The predicted molar refractivity (Wildman–Crippen MR) is 75.3 cm³/mol. The van der Waals surface area contributed by atoms with Gasteiger partial charge in [-0.25, -0.2) is 9.97 Å². The first-order chi connectivity index (χ1) is 9.26. The molecule has 2 aromatic rings. The molecule has 4 heteroatoms. The molecule has 0 aliphatic heterocycles. The molecule has 1 heterocycles. The molecule has 1 aromatic carbocycles. The number of nitrogens with one attached hydrogen (secondary N) is 1. The summed E-state index contributed by atoms with van der Waals surface area (Å²) in [5.41, 5.74) is 2.34. The molecule has 1 unspecified atom stereocenters. The van der Waals surface area contributed by atoms with Gasteiger partial charge in [-0.2, -0.15) is 0 Å². The quantitative estimate of drug-likeness (QED) is 0.894. The Balaban J connectivity index is 2.39. The van der Waals surface area contributed by atoms with Crippen LogP contribution in [-0.4, -0.2) is 23.6 Å². The summed E-state index contributed by atoms with van der Waals surface area (Å²) in [4.78, 5) is 8.71. The Bertz CT molecular complexity index is 528. The van der Waals surface area contributed by atoms with E-state index in [1.165, 1.54) is 5.56 Å². The summed E-state index contributed by atoms with van der Waals surface area (Å²) in [6.45, 7) is 5.01. The molecule has 0 aliphatic carbocycles. The number of aromatic nitrogens is 2. The molecular weight excluding hydrogens is 238 g/mol. The van der Waals surface area contributed by atoms with Gasteiger partial charge in [0.2, 0.25) is 0 Å². The van der Waals surface area contributed by atoms with Crippen LogP contribution in [0.25, 0.3) is 0 Å². The van der Waals surface area contributed by atoms with Gasteiger partial charge in [-0.15, -0.1) is 0 Å². The minimum absolute atomic E-state index is 0.0112. The summed E-state index contributed by atoms with van der Waals surface area (Å²) >= 11 is 0. The van der Waals surface area contributed by atoms with Crippen molar-refractivity contribution in [3.8, 4) is 5.75 Å². The highest BCUT2D eigenvalue weighted by Crippen LogP contribution is 2.25. The van der Waals surface area contributed by atoms with Crippen LogP contribution in [0.5, 0.6) is 5.75 Å². The van der Waals surface area contributed by atoms with Crippen LogP contribution in [0.1, 0.15) is 29.9 Å². The maximum absolute atomic E-state index is 5.24. The topological polar surface area (TPSA) is 47.0 Å². The van der Waals surface area contributed by atoms with Gasteiger partial charge in [-0.3, -0.25) is 0 Å². The summed E-state index contributed by atoms with van der Waals surface area (Å²) in [6, 6.07) is 7.90. The number of rotatable bonds is 5. The Morgan fingerprint density at radius 2 is 2.00 bits per heavy atom. The number of hydrogen-bond acceptors (Lipinski definition) is 4. The van der Waals surface area contributed by atoms with Crippen LogP contribution in [0, 0.1) is 6.92 Å². The molecule has 2 rings (SSSR count). The van der Waals surface area contributed by atoms with Crippen molar-refractivity contribution in [2.75, 3.05) is 13.7 Å². The minimum Gasteiger partial charge on any atom is -0.497 e. The van der Waals surface area contributed by atoms with Gasteiger partial charge in [0.1, 0.15) is 11.6 Å². The van der Waals surface area contributed by atoms with E-state index in [0.29, 0.717) is 0 Å². The number of hydrogen-bond donors (Lipinski definition) is 1. The summed E-state index contributed by atoms with van der Waals surface area (Å²) < 4.78 is 5.24. The molecular formula is C15H19N3O. The lowest BCUT2D eigenvalue weighted by atomic mass is 10.00. The first-order valence-corrected chi connectivity index (χ1v) is 6.41. The molecule has 1 atom stereocenters. The predicted octanol–water partition coefficient (Wildman–Crippen LogP) is 2.49. The molecule has 0 amide bonds. The van der Waals surface area contributed by atoms with E-state index in [4.69, 9.17) is 4.74 Å². The summed E-state index contributed by atoms with van der Waals surface area (Å²) in [5.74, 6) is 1.66. The third kappa shape index (κ3) is 3.09. The lowest BCUT2D eigenvalue weighted by molar-refractivity contribution is 0.414. The Kier molecular flexibility index (Phi) is 4.47. The number of benzene rings is 1. The highest BCUT2D eigenvalue weighted by atomic mass is 16.5. The molecule has 4 nitrogen and oxygen atoms in total. The average molecular weight is 257 g/mol. The van der Waals surface area contributed by atoms with E-state index in [-0.39, 0.29) is 6.04 Å². The minimum atomic E-state index is 0.0112. The third-order valence-electron chi connectivity index (χ3n) is 3.04. The summed E-state index contributed by atoms with van der Waals surface area (Å²) in [5, 5.41) is 3.43. The van der Waals surface area contributed by atoms with Crippen LogP contribution in [0.4, 0.5) is 0 Å². The maximum Gasteiger partial charge on any atom is 0.149 e. The van der Waals surface area contributed by atoms with E-state index >= 15 is 0 Å². The fourth-order valence-corrected chi connectivity index (χ4v) is 2.10. The largest absolute Gasteiger partial charge is 0.497 e. The van der Waals surface area contributed by atoms with Crippen LogP contribution in [0.15, 0.2) is 36.7 Å². The van der Waals surface area contributed by atoms with Crippen LogP contribution in [-0.2, 0) is 0 Å².